The summed E-state index contributed by atoms with van der Waals surface area (Å²) in [7, 11) is 0. The van der Waals surface area contributed by atoms with Crippen molar-refractivity contribution < 1.29 is 68.7 Å². The van der Waals surface area contributed by atoms with Crippen molar-refractivity contribution in [2.24, 2.45) is 5.41 Å². The Balaban J connectivity index is 1.57. The fourth-order valence-electron chi connectivity index (χ4n) is 6.27. The van der Waals surface area contributed by atoms with Crippen LogP contribution in [0.4, 0.5) is 0 Å². The highest BCUT2D eigenvalue weighted by Gasteiger charge is 2.50. The van der Waals surface area contributed by atoms with E-state index in [9.17, 15) is 45.0 Å². The molecule has 14 heteroatoms. The predicted molar refractivity (Wildman–Crippen MR) is 187 cm³/mol. The largest absolute Gasteiger partial charge is 0.463 e. The lowest BCUT2D eigenvalue weighted by atomic mass is 9.71. The number of ether oxygens (including phenoxy) is 5. The van der Waals surface area contributed by atoms with Crippen LogP contribution in [0.5, 0.6) is 0 Å². The van der Waals surface area contributed by atoms with E-state index in [-0.39, 0.29) is 18.6 Å². The third-order valence-electron chi connectivity index (χ3n) is 9.34. The molecule has 0 aromatic carbocycles. The van der Waals surface area contributed by atoms with Crippen molar-refractivity contribution >= 4 is 17.7 Å². The molecule has 2 heterocycles. The Labute approximate surface area is 304 Å². The van der Waals surface area contributed by atoms with Gasteiger partial charge in [-0.15, -0.1) is 0 Å². The number of ketones is 1. The third kappa shape index (κ3) is 11.1. The molecule has 6 N–H and O–H groups in total. The van der Waals surface area contributed by atoms with Crippen LogP contribution in [-0.4, -0.2) is 122 Å². The van der Waals surface area contributed by atoms with Gasteiger partial charge in [-0.3, -0.25) is 14.4 Å². The molecule has 14 nitrogen and oxygen atoms in total. The van der Waals surface area contributed by atoms with Crippen LogP contribution in [0.2, 0.25) is 0 Å². The zero-order valence-corrected chi connectivity index (χ0v) is 30.6. The Morgan fingerprint density at radius 3 is 2.19 bits per heavy atom. The third-order valence-corrected chi connectivity index (χ3v) is 9.34. The molecule has 0 aromatic heterocycles. The molecular weight excluding hydrogens is 680 g/mol. The van der Waals surface area contributed by atoms with Crippen molar-refractivity contribution in [2.75, 3.05) is 6.61 Å². The molecule has 3 rings (SSSR count). The average molecular weight is 735 g/mol. The van der Waals surface area contributed by atoms with Crippen LogP contribution >= 0.6 is 0 Å². The molecule has 0 radical (unpaired) electrons. The van der Waals surface area contributed by atoms with Gasteiger partial charge >= 0.3 is 11.9 Å². The summed E-state index contributed by atoms with van der Waals surface area (Å²) in [4.78, 5) is 38.6. The summed E-state index contributed by atoms with van der Waals surface area (Å²) < 4.78 is 27.2. The molecule has 0 amide bonds. The molecule has 11 unspecified atom stereocenters. The highest BCUT2D eigenvalue weighted by molar-refractivity contribution is 6.01. The first kappa shape index (κ1) is 43.1. The van der Waals surface area contributed by atoms with Gasteiger partial charge < -0.3 is 54.3 Å². The summed E-state index contributed by atoms with van der Waals surface area (Å²) >= 11 is 0. The predicted octanol–water partition coefficient (Wildman–Crippen LogP) is 1.77. The molecule has 0 aromatic rings. The van der Waals surface area contributed by atoms with E-state index in [0.29, 0.717) is 5.57 Å². The summed E-state index contributed by atoms with van der Waals surface area (Å²) in [6, 6.07) is 0. The Morgan fingerprint density at radius 2 is 1.54 bits per heavy atom. The van der Waals surface area contributed by atoms with Crippen molar-refractivity contribution in [3.8, 4) is 0 Å². The van der Waals surface area contributed by atoms with E-state index in [1.54, 1.807) is 19.9 Å². The van der Waals surface area contributed by atoms with Gasteiger partial charge in [0.1, 0.15) is 49.3 Å². The number of aliphatic hydroxyl groups is 6. The Bertz CT molecular complexity index is 1440. The topological polar surface area (TPSA) is 219 Å². The van der Waals surface area contributed by atoms with Gasteiger partial charge in [0.2, 0.25) is 0 Å². The SMILES string of the molecule is C=C/C=C(C)/C=C/C=C(C)/C=C/C1=C(C)C(=O)C(OC(=O)CCC(=O)OCC2OC(O)C(O)C(O)C2OC2OC(CC)C(O)C(O)C2O)CC1(C)C. The number of Topliss-reactive ketones (excluding diaryl/α,β-unsaturated/α-hetero) is 1. The fraction of sp³-hybridized carbons (Fsp3) is 0.605. The van der Waals surface area contributed by atoms with E-state index >= 15 is 0 Å². The number of hydrogen-bond donors (Lipinski definition) is 6. The molecule has 2 aliphatic heterocycles. The Morgan fingerprint density at radius 1 is 0.885 bits per heavy atom. The van der Waals surface area contributed by atoms with Crippen molar-refractivity contribution in [1.82, 2.24) is 0 Å². The van der Waals surface area contributed by atoms with Crippen LogP contribution in [0.3, 0.4) is 0 Å². The maximum Gasteiger partial charge on any atom is 0.307 e. The highest BCUT2D eigenvalue weighted by atomic mass is 16.7. The van der Waals surface area contributed by atoms with Crippen molar-refractivity contribution in [2.45, 2.75) is 135 Å². The smallest absolute Gasteiger partial charge is 0.307 e. The van der Waals surface area contributed by atoms with Gasteiger partial charge in [0.25, 0.3) is 0 Å². The number of carbonyl (C=O) groups is 3. The molecule has 3 aliphatic rings. The van der Waals surface area contributed by atoms with Gasteiger partial charge in [0.15, 0.2) is 24.5 Å². The van der Waals surface area contributed by atoms with E-state index < -0.39 is 104 Å². The molecule has 0 spiro atoms. The maximum absolute atomic E-state index is 13.2. The number of aliphatic hydroxyl groups excluding tert-OH is 6. The molecule has 0 saturated carbocycles. The quantitative estimate of drug-likeness (QED) is 0.111. The Hall–Kier alpha value is -3.31. The second-order valence-electron chi connectivity index (χ2n) is 14.0. The minimum Gasteiger partial charge on any atom is -0.463 e. The van der Waals surface area contributed by atoms with Crippen LogP contribution in [0.15, 0.2) is 71.4 Å². The molecule has 52 heavy (non-hydrogen) atoms. The second kappa shape index (κ2) is 19.1. The molecular formula is C38H54O14. The monoisotopic (exact) mass is 734 g/mol. The fourth-order valence-corrected chi connectivity index (χ4v) is 6.27. The van der Waals surface area contributed by atoms with Crippen LogP contribution < -0.4 is 0 Å². The van der Waals surface area contributed by atoms with E-state index in [0.717, 1.165) is 16.7 Å². The van der Waals surface area contributed by atoms with E-state index in [2.05, 4.69) is 6.58 Å². The molecule has 11 atom stereocenters. The van der Waals surface area contributed by atoms with E-state index in [4.69, 9.17) is 23.7 Å². The first-order valence-electron chi connectivity index (χ1n) is 17.4. The second-order valence-corrected chi connectivity index (χ2v) is 14.0. The van der Waals surface area contributed by atoms with Crippen LogP contribution in [-0.2, 0) is 38.1 Å². The van der Waals surface area contributed by atoms with Crippen LogP contribution in [0.1, 0.15) is 67.2 Å². The number of allylic oxidation sites excluding steroid dienone is 10. The minimum absolute atomic E-state index is 0.235. The standard InChI is InChI=1S/C38H54O14/c1-8-11-20(3)12-10-13-21(4)14-15-23-22(5)29(41)25(18-38(23,6)7)49-28(40)17-16-27(39)48-19-26-35(32(44)33(45)36(47)50-26)52-37-34(46)31(43)30(42)24(9-2)51-37/h8,10-15,24-26,30-37,42-47H,1,9,16-19H2,2-7H3/b12-10+,15-14+,20-11+,21-13+. The van der Waals surface area contributed by atoms with Gasteiger partial charge in [0.05, 0.1) is 18.9 Å². The van der Waals surface area contributed by atoms with Crippen molar-refractivity contribution in [1.29, 1.82) is 0 Å². The van der Waals surface area contributed by atoms with E-state index in [1.807, 2.05) is 64.2 Å². The van der Waals surface area contributed by atoms with Crippen molar-refractivity contribution in [3.63, 3.8) is 0 Å². The zero-order valence-electron chi connectivity index (χ0n) is 30.6. The molecule has 0 bridgehead atoms. The highest BCUT2D eigenvalue weighted by Crippen LogP contribution is 2.41. The summed E-state index contributed by atoms with van der Waals surface area (Å²) in [5.41, 5.74) is 2.81. The van der Waals surface area contributed by atoms with Crippen LogP contribution in [0, 0.1) is 5.41 Å². The lowest BCUT2D eigenvalue weighted by Gasteiger charge is -2.45. The molecule has 2 saturated heterocycles. The molecule has 1 aliphatic carbocycles. The normalized spacial score (nSPS) is 34.5. The zero-order chi connectivity index (χ0) is 38.9. The summed E-state index contributed by atoms with van der Waals surface area (Å²) in [5.74, 6) is -2.00. The molecule has 2 fully saturated rings. The lowest BCUT2D eigenvalue weighted by molar-refractivity contribution is -0.353. The lowest BCUT2D eigenvalue weighted by Crippen LogP contribution is -2.64. The summed E-state index contributed by atoms with van der Waals surface area (Å²) in [6.45, 7) is 14.2. The molecule has 290 valence electrons. The summed E-state index contributed by atoms with van der Waals surface area (Å²) in [6.07, 6.45) is -3.90. The number of carbonyl (C=O) groups excluding carboxylic acids is 3. The van der Waals surface area contributed by atoms with Gasteiger partial charge in [-0.25, -0.2) is 0 Å². The minimum atomic E-state index is -1.88. The number of hydrogen-bond acceptors (Lipinski definition) is 14. The number of rotatable bonds is 14. The first-order valence-corrected chi connectivity index (χ1v) is 17.4. The van der Waals surface area contributed by atoms with Crippen molar-refractivity contribution in [3.05, 3.63) is 71.4 Å². The maximum atomic E-state index is 13.2. The van der Waals surface area contributed by atoms with Gasteiger partial charge in [0, 0.05) is 6.42 Å². The van der Waals surface area contributed by atoms with Crippen LogP contribution in [0.25, 0.3) is 0 Å². The number of esters is 2. The summed E-state index contributed by atoms with van der Waals surface area (Å²) in [5, 5.41) is 61.6. The van der Waals surface area contributed by atoms with Gasteiger partial charge in [-0.2, -0.15) is 0 Å². The Kier molecular flexibility index (Phi) is 15.9. The van der Waals surface area contributed by atoms with E-state index in [1.165, 1.54) is 0 Å². The van der Waals surface area contributed by atoms with Gasteiger partial charge in [-0.05, 0) is 43.8 Å². The first-order chi connectivity index (χ1) is 24.4. The average Bonchev–Trinajstić information content (AvgIpc) is 3.08. The van der Waals surface area contributed by atoms with Gasteiger partial charge in [-0.1, -0.05) is 81.0 Å².